The third-order valence-corrected chi connectivity index (χ3v) is 4.10. The van der Waals surface area contributed by atoms with Gasteiger partial charge in [-0.1, -0.05) is 6.07 Å². The maximum atomic E-state index is 11.8. The van der Waals surface area contributed by atoms with Gasteiger partial charge in [0, 0.05) is 51.9 Å². The van der Waals surface area contributed by atoms with Gasteiger partial charge < -0.3 is 15.1 Å². The van der Waals surface area contributed by atoms with Gasteiger partial charge in [0.05, 0.1) is 0 Å². The fraction of sp³-hybridized carbons (Fsp3) is 0.647. The van der Waals surface area contributed by atoms with Crippen LogP contribution in [0, 0.1) is 0 Å². The smallest absolute Gasteiger partial charge is 0.221 e. The van der Waals surface area contributed by atoms with Crippen molar-refractivity contribution in [1.82, 2.24) is 20.1 Å². The molecule has 23 heavy (non-hydrogen) atoms. The van der Waals surface area contributed by atoms with Crippen LogP contribution in [0.3, 0.4) is 0 Å². The standard InChI is InChI=1S/C17H29N5O/c1-20(2)10-5-9-19-17(23)7-11-21-12-14-22(15-13-21)16-6-3-4-8-18-16/h3-4,6,8H,5,7,9-15H2,1-2H3,(H,19,23). The van der Waals surface area contributed by atoms with Crippen molar-refractivity contribution in [3.8, 4) is 0 Å². The fourth-order valence-corrected chi connectivity index (χ4v) is 2.71. The molecular weight excluding hydrogens is 290 g/mol. The Labute approximate surface area is 139 Å². The van der Waals surface area contributed by atoms with Crippen molar-refractivity contribution in [3.05, 3.63) is 24.4 Å². The second kappa shape index (κ2) is 9.47. The molecule has 6 heteroatoms. The summed E-state index contributed by atoms with van der Waals surface area (Å²) in [5.74, 6) is 1.21. The average Bonchev–Trinajstić information content (AvgIpc) is 2.58. The molecule has 2 rings (SSSR count). The van der Waals surface area contributed by atoms with Crippen molar-refractivity contribution < 1.29 is 4.79 Å². The Morgan fingerprint density at radius 1 is 1.26 bits per heavy atom. The molecule has 2 heterocycles. The van der Waals surface area contributed by atoms with Crippen LogP contribution < -0.4 is 10.2 Å². The second-order valence-electron chi connectivity index (χ2n) is 6.27. The number of pyridine rings is 1. The zero-order chi connectivity index (χ0) is 16.5. The van der Waals surface area contributed by atoms with Crippen LogP contribution in [0.15, 0.2) is 24.4 Å². The topological polar surface area (TPSA) is 51.7 Å². The number of carbonyl (C=O) groups excluding carboxylic acids is 1. The molecule has 0 aliphatic carbocycles. The minimum absolute atomic E-state index is 0.163. The first-order valence-electron chi connectivity index (χ1n) is 8.45. The first kappa shape index (κ1) is 17.7. The van der Waals surface area contributed by atoms with Gasteiger partial charge in [0.25, 0.3) is 0 Å². The summed E-state index contributed by atoms with van der Waals surface area (Å²) in [4.78, 5) is 23.0. The van der Waals surface area contributed by atoms with Crippen LogP contribution in [0.4, 0.5) is 5.82 Å². The van der Waals surface area contributed by atoms with Gasteiger partial charge in [0.2, 0.25) is 5.91 Å². The highest BCUT2D eigenvalue weighted by atomic mass is 16.1. The van der Waals surface area contributed by atoms with E-state index in [0.717, 1.165) is 58.1 Å². The third kappa shape index (κ3) is 6.54. The molecule has 1 saturated heterocycles. The first-order chi connectivity index (χ1) is 11.1. The molecule has 1 aromatic heterocycles. The van der Waals surface area contributed by atoms with Crippen molar-refractivity contribution in [2.75, 3.05) is 64.8 Å². The van der Waals surface area contributed by atoms with Gasteiger partial charge in [-0.25, -0.2) is 4.98 Å². The molecule has 0 aromatic carbocycles. The second-order valence-corrected chi connectivity index (χ2v) is 6.27. The molecule has 1 aromatic rings. The number of hydrogen-bond donors (Lipinski definition) is 1. The summed E-state index contributed by atoms with van der Waals surface area (Å²) < 4.78 is 0. The lowest BCUT2D eigenvalue weighted by molar-refractivity contribution is -0.121. The van der Waals surface area contributed by atoms with Gasteiger partial charge in [-0.2, -0.15) is 0 Å². The van der Waals surface area contributed by atoms with Crippen LogP contribution in [-0.4, -0.2) is 80.6 Å². The van der Waals surface area contributed by atoms with E-state index in [1.54, 1.807) is 0 Å². The molecule has 0 unspecified atom stereocenters. The number of carbonyl (C=O) groups is 1. The monoisotopic (exact) mass is 319 g/mol. The lowest BCUT2D eigenvalue weighted by Gasteiger charge is -2.35. The van der Waals surface area contributed by atoms with Crippen LogP contribution in [0.1, 0.15) is 12.8 Å². The van der Waals surface area contributed by atoms with Crippen molar-refractivity contribution in [1.29, 1.82) is 0 Å². The van der Waals surface area contributed by atoms with Gasteiger partial charge in [-0.15, -0.1) is 0 Å². The normalized spacial score (nSPS) is 15.9. The number of amides is 1. The number of anilines is 1. The lowest BCUT2D eigenvalue weighted by atomic mass is 10.2. The zero-order valence-electron chi connectivity index (χ0n) is 14.4. The highest BCUT2D eigenvalue weighted by molar-refractivity contribution is 5.76. The number of hydrogen-bond acceptors (Lipinski definition) is 5. The molecule has 0 bridgehead atoms. The predicted octanol–water partition coefficient (Wildman–Crippen LogP) is 0.662. The van der Waals surface area contributed by atoms with Crippen molar-refractivity contribution in [2.24, 2.45) is 0 Å². The van der Waals surface area contributed by atoms with E-state index in [1.807, 2.05) is 32.4 Å². The van der Waals surface area contributed by atoms with E-state index in [0.29, 0.717) is 6.42 Å². The van der Waals surface area contributed by atoms with E-state index in [2.05, 4.69) is 31.1 Å². The lowest BCUT2D eigenvalue weighted by Crippen LogP contribution is -2.47. The fourth-order valence-electron chi connectivity index (χ4n) is 2.71. The van der Waals surface area contributed by atoms with E-state index in [9.17, 15) is 4.79 Å². The number of piperazine rings is 1. The largest absolute Gasteiger partial charge is 0.356 e. The molecule has 1 N–H and O–H groups in total. The summed E-state index contributed by atoms with van der Waals surface area (Å²) in [6, 6.07) is 6.02. The Morgan fingerprint density at radius 2 is 2.04 bits per heavy atom. The summed E-state index contributed by atoms with van der Waals surface area (Å²) in [7, 11) is 4.10. The SMILES string of the molecule is CN(C)CCCNC(=O)CCN1CCN(c2ccccn2)CC1. The molecule has 128 valence electrons. The third-order valence-electron chi connectivity index (χ3n) is 4.10. The molecule has 1 fully saturated rings. The molecule has 0 atom stereocenters. The number of nitrogens with one attached hydrogen (secondary N) is 1. The highest BCUT2D eigenvalue weighted by Gasteiger charge is 2.18. The summed E-state index contributed by atoms with van der Waals surface area (Å²) in [6.45, 7) is 6.55. The van der Waals surface area contributed by atoms with Crippen LogP contribution in [-0.2, 0) is 4.79 Å². The number of rotatable bonds is 8. The van der Waals surface area contributed by atoms with Gasteiger partial charge in [0.1, 0.15) is 5.82 Å². The summed E-state index contributed by atoms with van der Waals surface area (Å²) in [5.41, 5.74) is 0. The highest BCUT2D eigenvalue weighted by Crippen LogP contribution is 2.12. The Morgan fingerprint density at radius 3 is 2.70 bits per heavy atom. The van der Waals surface area contributed by atoms with Crippen LogP contribution >= 0.6 is 0 Å². The van der Waals surface area contributed by atoms with Gasteiger partial charge in [-0.05, 0) is 39.2 Å². The van der Waals surface area contributed by atoms with Crippen LogP contribution in [0.5, 0.6) is 0 Å². The molecule has 1 aliphatic rings. The Hall–Kier alpha value is -1.66. The zero-order valence-corrected chi connectivity index (χ0v) is 14.4. The molecule has 0 radical (unpaired) electrons. The van der Waals surface area contributed by atoms with E-state index in [-0.39, 0.29) is 5.91 Å². The Bertz CT molecular complexity index is 457. The van der Waals surface area contributed by atoms with E-state index < -0.39 is 0 Å². The van der Waals surface area contributed by atoms with Crippen LogP contribution in [0.2, 0.25) is 0 Å². The summed E-state index contributed by atoms with van der Waals surface area (Å²) in [5, 5.41) is 3.00. The van der Waals surface area contributed by atoms with E-state index >= 15 is 0 Å². The summed E-state index contributed by atoms with van der Waals surface area (Å²) in [6.07, 6.45) is 3.43. The average molecular weight is 319 g/mol. The van der Waals surface area contributed by atoms with Crippen molar-refractivity contribution in [3.63, 3.8) is 0 Å². The van der Waals surface area contributed by atoms with Gasteiger partial charge in [-0.3, -0.25) is 9.69 Å². The van der Waals surface area contributed by atoms with Gasteiger partial charge >= 0.3 is 0 Å². The van der Waals surface area contributed by atoms with Crippen molar-refractivity contribution >= 4 is 11.7 Å². The minimum atomic E-state index is 0.163. The molecule has 1 aliphatic heterocycles. The molecular formula is C17H29N5O. The minimum Gasteiger partial charge on any atom is -0.356 e. The molecule has 1 amide bonds. The number of nitrogens with zero attached hydrogens (tertiary/aromatic N) is 4. The number of aromatic nitrogens is 1. The Balaban J connectivity index is 1.58. The quantitative estimate of drug-likeness (QED) is 0.714. The van der Waals surface area contributed by atoms with E-state index in [1.165, 1.54) is 0 Å². The molecule has 0 saturated carbocycles. The van der Waals surface area contributed by atoms with Gasteiger partial charge in [0.15, 0.2) is 0 Å². The maximum absolute atomic E-state index is 11.8. The molecule has 6 nitrogen and oxygen atoms in total. The molecule has 0 spiro atoms. The first-order valence-corrected chi connectivity index (χ1v) is 8.45. The maximum Gasteiger partial charge on any atom is 0.221 e. The Kier molecular flexibility index (Phi) is 7.29. The van der Waals surface area contributed by atoms with Crippen molar-refractivity contribution in [2.45, 2.75) is 12.8 Å². The summed E-state index contributed by atoms with van der Waals surface area (Å²) >= 11 is 0. The van der Waals surface area contributed by atoms with E-state index in [4.69, 9.17) is 0 Å². The predicted molar refractivity (Wildman–Crippen MR) is 93.7 cm³/mol. The van der Waals surface area contributed by atoms with Crippen LogP contribution in [0.25, 0.3) is 0 Å².